The molecule has 0 bridgehead atoms. The predicted molar refractivity (Wildman–Crippen MR) is 124 cm³/mol. The fourth-order valence-corrected chi connectivity index (χ4v) is 4.15. The van der Waals surface area contributed by atoms with E-state index in [-0.39, 0.29) is 6.10 Å². The molecular formula is C23H22N8O. The third-order valence-corrected chi connectivity index (χ3v) is 5.96. The maximum absolute atomic E-state index is 9.73. The first-order chi connectivity index (χ1) is 15.7. The first-order valence-electron chi connectivity index (χ1n) is 10.7. The molecule has 0 unspecified atom stereocenters. The lowest BCUT2D eigenvalue weighted by atomic mass is 10.1. The van der Waals surface area contributed by atoms with Crippen LogP contribution in [0.3, 0.4) is 0 Å². The molecule has 9 heteroatoms. The molecular weight excluding hydrogens is 404 g/mol. The number of nitrogens with zero attached hydrogens (tertiary/aromatic N) is 5. The maximum Gasteiger partial charge on any atom is 0.162 e. The summed E-state index contributed by atoms with van der Waals surface area (Å²) in [4.78, 5) is 11.8. The van der Waals surface area contributed by atoms with Crippen molar-refractivity contribution >= 4 is 39.1 Å². The Hall–Kier alpha value is -3.98. The Bertz CT molecular complexity index is 1380. The number of rotatable bonds is 4. The van der Waals surface area contributed by atoms with Gasteiger partial charge in [0.1, 0.15) is 11.0 Å². The molecule has 4 heterocycles. The van der Waals surface area contributed by atoms with Crippen molar-refractivity contribution in [1.82, 2.24) is 30.4 Å². The number of fused-ring (bicyclic) bond motifs is 2. The van der Waals surface area contributed by atoms with E-state index in [1.165, 1.54) is 0 Å². The molecule has 5 aromatic rings. The molecule has 0 amide bonds. The van der Waals surface area contributed by atoms with Crippen LogP contribution >= 0.6 is 0 Å². The lowest BCUT2D eigenvalue weighted by molar-refractivity contribution is 0.145. The molecule has 0 atom stereocenters. The number of anilines is 3. The van der Waals surface area contributed by atoms with Crippen molar-refractivity contribution < 1.29 is 5.11 Å². The van der Waals surface area contributed by atoms with E-state index in [1.807, 2.05) is 30.3 Å². The Kier molecular flexibility index (Phi) is 4.46. The van der Waals surface area contributed by atoms with Crippen LogP contribution in [0.15, 0.2) is 54.9 Å². The molecule has 1 aliphatic rings. The molecule has 0 aliphatic carbocycles. The smallest absolute Gasteiger partial charge is 0.162 e. The zero-order chi connectivity index (χ0) is 21.5. The van der Waals surface area contributed by atoms with Crippen LogP contribution in [0, 0.1) is 0 Å². The van der Waals surface area contributed by atoms with Gasteiger partial charge in [0.15, 0.2) is 11.6 Å². The number of aliphatic hydroxyl groups is 1. The van der Waals surface area contributed by atoms with E-state index >= 15 is 0 Å². The minimum Gasteiger partial charge on any atom is -0.393 e. The molecule has 32 heavy (non-hydrogen) atoms. The molecule has 2 aromatic carbocycles. The average molecular weight is 426 g/mol. The Labute approximate surface area is 183 Å². The molecule has 0 saturated carbocycles. The van der Waals surface area contributed by atoms with Crippen LogP contribution in [0.4, 0.5) is 17.2 Å². The molecule has 1 fully saturated rings. The summed E-state index contributed by atoms with van der Waals surface area (Å²) in [5.74, 6) is 1.28. The summed E-state index contributed by atoms with van der Waals surface area (Å²) in [6.45, 7) is 1.75. The van der Waals surface area contributed by atoms with Crippen molar-refractivity contribution in [2.45, 2.75) is 18.9 Å². The number of hydrogen-bond donors (Lipinski definition) is 4. The highest BCUT2D eigenvalue weighted by molar-refractivity contribution is 5.89. The van der Waals surface area contributed by atoms with Gasteiger partial charge in [-0.2, -0.15) is 10.2 Å². The first-order valence-corrected chi connectivity index (χ1v) is 10.7. The normalized spacial score (nSPS) is 15.0. The van der Waals surface area contributed by atoms with E-state index in [1.54, 1.807) is 12.4 Å². The molecule has 160 valence electrons. The fourth-order valence-electron chi connectivity index (χ4n) is 4.15. The summed E-state index contributed by atoms with van der Waals surface area (Å²) in [6, 6.07) is 14.3. The van der Waals surface area contributed by atoms with Crippen molar-refractivity contribution in [3.63, 3.8) is 0 Å². The van der Waals surface area contributed by atoms with E-state index in [9.17, 15) is 5.11 Å². The van der Waals surface area contributed by atoms with E-state index in [0.29, 0.717) is 11.6 Å². The van der Waals surface area contributed by atoms with Crippen molar-refractivity contribution in [2.24, 2.45) is 0 Å². The SMILES string of the molecule is OC1CCN(c2ccc(Nc3nc(-c4ccc5cn[nH]c5c4)nc4cn[nH]c34)cc2)CC1. The van der Waals surface area contributed by atoms with E-state index < -0.39 is 0 Å². The molecule has 1 aliphatic heterocycles. The summed E-state index contributed by atoms with van der Waals surface area (Å²) >= 11 is 0. The van der Waals surface area contributed by atoms with E-state index in [0.717, 1.165) is 64.8 Å². The Morgan fingerprint density at radius 2 is 1.75 bits per heavy atom. The third-order valence-electron chi connectivity index (χ3n) is 5.96. The molecule has 9 nitrogen and oxygen atoms in total. The Balaban J connectivity index is 1.31. The zero-order valence-electron chi connectivity index (χ0n) is 17.3. The number of aromatic amines is 2. The standard InChI is InChI=1S/C23H22N8O/c32-18-7-9-31(10-8-18)17-5-3-16(4-6-17)26-23-21-20(13-25-30-21)27-22(28-23)14-1-2-15-12-24-29-19(15)11-14/h1-6,11-13,18,32H,7-10H2,(H,24,29)(H,25,30)(H,26,27,28). The van der Waals surface area contributed by atoms with Crippen LogP contribution in [0.25, 0.3) is 33.3 Å². The van der Waals surface area contributed by atoms with Gasteiger partial charge in [-0.15, -0.1) is 0 Å². The van der Waals surface area contributed by atoms with Gasteiger partial charge in [0.2, 0.25) is 0 Å². The number of aromatic nitrogens is 6. The predicted octanol–water partition coefficient (Wildman–Crippen LogP) is 3.60. The van der Waals surface area contributed by atoms with Crippen molar-refractivity contribution in [3.8, 4) is 11.4 Å². The highest BCUT2D eigenvalue weighted by atomic mass is 16.3. The second-order valence-electron chi connectivity index (χ2n) is 8.09. The molecule has 6 rings (SSSR count). The lowest BCUT2D eigenvalue weighted by Gasteiger charge is -2.31. The Morgan fingerprint density at radius 3 is 2.59 bits per heavy atom. The number of aliphatic hydroxyl groups excluding tert-OH is 1. The monoisotopic (exact) mass is 426 g/mol. The quantitative estimate of drug-likeness (QED) is 0.347. The van der Waals surface area contributed by atoms with Crippen LogP contribution in [0.2, 0.25) is 0 Å². The highest BCUT2D eigenvalue weighted by Crippen LogP contribution is 2.28. The minimum absolute atomic E-state index is 0.176. The van der Waals surface area contributed by atoms with Gasteiger partial charge in [0.05, 0.1) is 24.0 Å². The van der Waals surface area contributed by atoms with Gasteiger partial charge < -0.3 is 15.3 Å². The summed E-state index contributed by atoms with van der Waals surface area (Å²) in [7, 11) is 0. The second-order valence-corrected chi connectivity index (χ2v) is 8.09. The first kappa shape index (κ1) is 18.8. The van der Waals surface area contributed by atoms with Gasteiger partial charge in [0, 0.05) is 35.4 Å². The highest BCUT2D eigenvalue weighted by Gasteiger charge is 2.17. The van der Waals surface area contributed by atoms with Gasteiger partial charge in [-0.1, -0.05) is 12.1 Å². The molecule has 1 saturated heterocycles. The van der Waals surface area contributed by atoms with Gasteiger partial charge in [-0.3, -0.25) is 10.2 Å². The second kappa shape index (κ2) is 7.61. The maximum atomic E-state index is 9.73. The molecule has 3 aromatic heterocycles. The lowest BCUT2D eigenvalue weighted by Crippen LogP contribution is -2.35. The number of benzene rings is 2. The van der Waals surface area contributed by atoms with Gasteiger partial charge in [-0.25, -0.2) is 9.97 Å². The summed E-state index contributed by atoms with van der Waals surface area (Å²) in [5.41, 5.74) is 5.42. The number of hydrogen-bond acceptors (Lipinski definition) is 7. The van der Waals surface area contributed by atoms with Crippen LogP contribution in [-0.4, -0.2) is 54.7 Å². The van der Waals surface area contributed by atoms with Crippen molar-refractivity contribution in [1.29, 1.82) is 0 Å². The van der Waals surface area contributed by atoms with Crippen LogP contribution in [-0.2, 0) is 0 Å². The third kappa shape index (κ3) is 3.42. The van der Waals surface area contributed by atoms with Crippen LogP contribution in [0.1, 0.15) is 12.8 Å². The topological polar surface area (TPSA) is 119 Å². The van der Waals surface area contributed by atoms with E-state index in [2.05, 4.69) is 47.7 Å². The van der Waals surface area contributed by atoms with Gasteiger partial charge >= 0.3 is 0 Å². The van der Waals surface area contributed by atoms with E-state index in [4.69, 9.17) is 4.98 Å². The van der Waals surface area contributed by atoms with Crippen molar-refractivity contribution in [2.75, 3.05) is 23.3 Å². The molecule has 0 spiro atoms. The zero-order valence-corrected chi connectivity index (χ0v) is 17.3. The largest absolute Gasteiger partial charge is 0.393 e. The number of piperidine rings is 1. The fraction of sp³-hybridized carbons (Fsp3) is 0.217. The number of H-pyrrole nitrogens is 2. The molecule has 4 N–H and O–H groups in total. The Morgan fingerprint density at radius 1 is 0.938 bits per heavy atom. The minimum atomic E-state index is -0.176. The summed E-state index contributed by atoms with van der Waals surface area (Å²) in [6.07, 6.45) is 4.94. The van der Waals surface area contributed by atoms with Crippen LogP contribution < -0.4 is 10.2 Å². The van der Waals surface area contributed by atoms with Gasteiger partial charge in [0.25, 0.3) is 0 Å². The van der Waals surface area contributed by atoms with Crippen LogP contribution in [0.5, 0.6) is 0 Å². The summed E-state index contributed by atoms with van der Waals surface area (Å²) < 4.78 is 0. The average Bonchev–Trinajstić information content (AvgIpc) is 3.49. The number of nitrogens with one attached hydrogen (secondary N) is 3. The molecule has 0 radical (unpaired) electrons. The summed E-state index contributed by atoms with van der Waals surface area (Å²) in [5, 5.41) is 28.4. The van der Waals surface area contributed by atoms with Gasteiger partial charge in [-0.05, 0) is 43.2 Å². The van der Waals surface area contributed by atoms with Crippen molar-refractivity contribution in [3.05, 3.63) is 54.9 Å².